The molecule has 2 N–H and O–H groups in total. The van der Waals surface area contributed by atoms with Crippen LogP contribution in [0.2, 0.25) is 0 Å². The average molecular weight is 429 g/mol. The molecule has 0 saturated carbocycles. The van der Waals surface area contributed by atoms with E-state index in [-0.39, 0.29) is 30.6 Å². The summed E-state index contributed by atoms with van der Waals surface area (Å²) in [5.41, 5.74) is 4.65. The van der Waals surface area contributed by atoms with E-state index in [1.807, 2.05) is 27.7 Å². The Morgan fingerprint density at radius 2 is 2.07 bits per heavy atom. The minimum absolute atomic E-state index is 0.000637. The molecule has 12 heteroatoms. The summed E-state index contributed by atoms with van der Waals surface area (Å²) in [6, 6.07) is 0. The number of nitrogens with zero attached hydrogens (tertiary/aromatic N) is 4. The van der Waals surface area contributed by atoms with Gasteiger partial charge in [-0.1, -0.05) is 0 Å². The first-order valence-corrected chi connectivity index (χ1v) is 10.5. The van der Waals surface area contributed by atoms with E-state index >= 15 is 4.39 Å². The van der Waals surface area contributed by atoms with Crippen molar-refractivity contribution >= 4 is 25.7 Å². The number of anilines is 1. The summed E-state index contributed by atoms with van der Waals surface area (Å²) < 4.78 is 46.0. The van der Waals surface area contributed by atoms with Gasteiger partial charge in [-0.05, 0) is 34.6 Å². The van der Waals surface area contributed by atoms with Crippen molar-refractivity contribution in [2.75, 3.05) is 12.3 Å². The fraction of sp³-hybridized carbons (Fsp3) is 0.706. The Bertz CT molecular complexity index is 894. The quantitative estimate of drug-likeness (QED) is 0.716. The van der Waals surface area contributed by atoms with Crippen LogP contribution in [-0.2, 0) is 18.3 Å². The number of fused-ring (bicyclic) bond motifs is 2. The highest BCUT2D eigenvalue weighted by Crippen LogP contribution is 2.55. The Hall–Kier alpha value is -1.65. The Labute approximate surface area is 168 Å². The van der Waals surface area contributed by atoms with Gasteiger partial charge in [0.15, 0.2) is 23.1 Å². The van der Waals surface area contributed by atoms with Crippen LogP contribution in [0, 0.1) is 0 Å². The van der Waals surface area contributed by atoms with Crippen molar-refractivity contribution in [1.29, 1.82) is 0 Å². The molecular weight excluding hydrogens is 404 g/mol. The van der Waals surface area contributed by atoms with Crippen molar-refractivity contribution in [2.45, 2.75) is 70.9 Å². The van der Waals surface area contributed by atoms with Gasteiger partial charge in [-0.15, -0.1) is 0 Å². The fourth-order valence-electron chi connectivity index (χ4n) is 3.38. The minimum Gasteiger partial charge on any atom is -0.473 e. The summed E-state index contributed by atoms with van der Waals surface area (Å²) >= 11 is 0. The number of halogens is 1. The van der Waals surface area contributed by atoms with Gasteiger partial charge >= 0.3 is 8.60 Å². The molecule has 0 radical (unpaired) electrons. The van der Waals surface area contributed by atoms with Gasteiger partial charge < -0.3 is 28.8 Å². The van der Waals surface area contributed by atoms with E-state index in [0.717, 1.165) is 0 Å². The predicted molar refractivity (Wildman–Crippen MR) is 103 cm³/mol. The number of aromatic nitrogens is 4. The van der Waals surface area contributed by atoms with Gasteiger partial charge in [0, 0.05) is 0 Å². The molecule has 5 atom stereocenters. The molecule has 2 aromatic heterocycles. The summed E-state index contributed by atoms with van der Waals surface area (Å²) in [6.07, 6.45) is -1.28. The van der Waals surface area contributed by atoms with E-state index in [9.17, 15) is 0 Å². The molecular formula is C17H25FN5O5P. The summed E-state index contributed by atoms with van der Waals surface area (Å²) in [7, 11) is -1.64. The summed E-state index contributed by atoms with van der Waals surface area (Å²) in [5.74, 6) is 0.241. The van der Waals surface area contributed by atoms with E-state index in [1.54, 1.807) is 0 Å². The molecule has 2 fully saturated rings. The molecule has 10 nitrogen and oxygen atoms in total. The van der Waals surface area contributed by atoms with Gasteiger partial charge in [-0.2, -0.15) is 9.97 Å². The Kier molecular flexibility index (Phi) is 5.37. The van der Waals surface area contributed by atoms with Crippen LogP contribution in [0.4, 0.5) is 10.3 Å². The van der Waals surface area contributed by atoms with Gasteiger partial charge in [0.25, 0.3) is 0 Å². The van der Waals surface area contributed by atoms with Crippen LogP contribution in [0.15, 0.2) is 6.33 Å². The van der Waals surface area contributed by atoms with Crippen molar-refractivity contribution < 1.29 is 27.4 Å². The maximum absolute atomic E-state index is 15.9. The van der Waals surface area contributed by atoms with Crippen molar-refractivity contribution in [1.82, 2.24) is 19.5 Å². The SMILES string of the molecule is CC(C)Oc1nc(N)nc2c1ncn2[C@@H]1O[C@@H]2CO[P@](OC(C)C)O[C@H]2[C@@]1(C)F. The Morgan fingerprint density at radius 1 is 1.31 bits per heavy atom. The van der Waals surface area contributed by atoms with Crippen LogP contribution >= 0.6 is 8.60 Å². The second-order valence-corrected chi connectivity index (χ2v) is 8.88. The summed E-state index contributed by atoms with van der Waals surface area (Å²) in [5, 5.41) is 0. The van der Waals surface area contributed by atoms with Gasteiger partial charge in [0.2, 0.25) is 11.8 Å². The van der Waals surface area contributed by atoms with E-state index in [1.165, 1.54) is 17.8 Å². The largest absolute Gasteiger partial charge is 0.473 e. The van der Waals surface area contributed by atoms with E-state index in [2.05, 4.69) is 15.0 Å². The number of ether oxygens (including phenoxy) is 2. The number of hydrogen-bond donors (Lipinski definition) is 1. The molecule has 160 valence electrons. The standard InChI is InChI=1S/C17H25FN5O5P/c1-8(2)25-14-11-13(21-16(19)22-14)23(7-20-11)15-17(5,18)12-10(26-15)6-24-29(28-12)27-9(3)4/h7-10,12,15H,6H2,1-5H3,(H2,19,21,22)/t10-,12-,15-,17-,29-/m1/s1. The minimum atomic E-state index is -1.89. The van der Waals surface area contributed by atoms with Gasteiger partial charge in [0.1, 0.15) is 12.2 Å². The first-order valence-electron chi connectivity index (χ1n) is 9.44. The third kappa shape index (κ3) is 3.77. The fourth-order valence-corrected chi connectivity index (χ4v) is 4.69. The first kappa shape index (κ1) is 20.6. The lowest BCUT2D eigenvalue weighted by atomic mass is 9.98. The predicted octanol–water partition coefficient (Wildman–Crippen LogP) is 2.89. The zero-order valence-electron chi connectivity index (χ0n) is 16.9. The molecule has 2 aromatic rings. The zero-order valence-corrected chi connectivity index (χ0v) is 17.8. The smallest absolute Gasteiger partial charge is 0.333 e. The van der Waals surface area contributed by atoms with E-state index in [0.29, 0.717) is 11.2 Å². The van der Waals surface area contributed by atoms with Crippen LogP contribution in [0.3, 0.4) is 0 Å². The summed E-state index contributed by atoms with van der Waals surface area (Å²) in [4.78, 5) is 12.6. The first-order chi connectivity index (χ1) is 13.7. The molecule has 0 spiro atoms. The lowest BCUT2D eigenvalue weighted by molar-refractivity contribution is -0.0635. The molecule has 2 aliphatic heterocycles. The lowest BCUT2D eigenvalue weighted by Gasteiger charge is -2.33. The van der Waals surface area contributed by atoms with Crippen molar-refractivity contribution in [3.63, 3.8) is 0 Å². The Balaban J connectivity index is 1.67. The van der Waals surface area contributed by atoms with Crippen LogP contribution in [-0.4, -0.2) is 56.2 Å². The van der Waals surface area contributed by atoms with Crippen molar-refractivity contribution in [3.8, 4) is 5.88 Å². The average Bonchev–Trinajstić information content (AvgIpc) is 3.13. The molecule has 0 unspecified atom stereocenters. The van der Waals surface area contributed by atoms with E-state index < -0.39 is 32.7 Å². The molecule has 0 amide bonds. The highest BCUT2D eigenvalue weighted by molar-refractivity contribution is 7.41. The zero-order chi connectivity index (χ0) is 20.9. The maximum Gasteiger partial charge on any atom is 0.333 e. The number of hydrogen-bond acceptors (Lipinski definition) is 9. The molecule has 0 aliphatic carbocycles. The second kappa shape index (κ2) is 7.55. The number of alkyl halides is 1. The lowest BCUT2D eigenvalue weighted by Crippen LogP contribution is -2.44. The van der Waals surface area contributed by atoms with Gasteiger partial charge in [-0.25, -0.2) is 9.37 Å². The van der Waals surface area contributed by atoms with Crippen LogP contribution < -0.4 is 10.5 Å². The summed E-state index contributed by atoms with van der Waals surface area (Å²) in [6.45, 7) is 9.05. The van der Waals surface area contributed by atoms with Crippen molar-refractivity contribution in [3.05, 3.63) is 6.33 Å². The molecule has 4 heterocycles. The highest BCUT2D eigenvalue weighted by atomic mass is 31.2. The number of rotatable bonds is 5. The molecule has 4 rings (SSSR count). The highest BCUT2D eigenvalue weighted by Gasteiger charge is 2.60. The van der Waals surface area contributed by atoms with Crippen LogP contribution in [0.1, 0.15) is 40.8 Å². The molecule has 29 heavy (non-hydrogen) atoms. The third-order valence-electron chi connectivity index (χ3n) is 4.53. The monoisotopic (exact) mass is 429 g/mol. The molecule has 0 bridgehead atoms. The number of nitrogens with two attached hydrogens (primary N) is 1. The Morgan fingerprint density at radius 3 is 2.76 bits per heavy atom. The van der Waals surface area contributed by atoms with Gasteiger partial charge in [0.05, 0.1) is 25.1 Å². The topological polar surface area (TPSA) is 116 Å². The second-order valence-electron chi connectivity index (χ2n) is 7.76. The number of nitrogen functional groups attached to an aromatic ring is 1. The van der Waals surface area contributed by atoms with Crippen LogP contribution in [0.5, 0.6) is 5.88 Å². The molecule has 2 saturated heterocycles. The van der Waals surface area contributed by atoms with Crippen LogP contribution in [0.25, 0.3) is 11.2 Å². The number of imidazole rings is 1. The molecule has 0 aromatic carbocycles. The van der Waals surface area contributed by atoms with Crippen molar-refractivity contribution in [2.24, 2.45) is 0 Å². The molecule has 2 aliphatic rings. The van der Waals surface area contributed by atoms with E-state index in [4.69, 9.17) is 28.8 Å². The normalized spacial score (nSPS) is 32.3. The third-order valence-corrected chi connectivity index (χ3v) is 5.88. The maximum atomic E-state index is 15.9. The van der Waals surface area contributed by atoms with Gasteiger partial charge in [-0.3, -0.25) is 4.57 Å².